The predicted octanol–water partition coefficient (Wildman–Crippen LogP) is -3.09. The van der Waals surface area contributed by atoms with Crippen molar-refractivity contribution in [2.24, 2.45) is 0 Å². The topological polar surface area (TPSA) is 49.4 Å². The third kappa shape index (κ3) is 9.14. The van der Waals surface area contributed by atoms with Crippen LogP contribution in [0.25, 0.3) is 0 Å². The van der Waals surface area contributed by atoms with E-state index in [1.807, 2.05) is 0 Å². The molecule has 3 nitrogen and oxygen atoms in total. The summed E-state index contributed by atoms with van der Waals surface area (Å²) in [6.07, 6.45) is 0. The Kier molecular flexibility index (Phi) is 11.6. The molecule has 6 heteroatoms. The van der Waals surface area contributed by atoms with E-state index in [4.69, 9.17) is 9.46 Å². The van der Waals surface area contributed by atoms with E-state index in [1.165, 1.54) is 0 Å². The van der Waals surface area contributed by atoms with E-state index in [-0.39, 0.29) is 51.4 Å². The molecule has 30 valence electrons. The minimum Gasteiger partial charge on any atom is -0.564 e. The molecule has 0 aromatic heterocycles. The molecule has 0 amide bonds. The van der Waals surface area contributed by atoms with Crippen LogP contribution >= 0.6 is 8.25 Å². The van der Waals surface area contributed by atoms with Gasteiger partial charge in [-0.15, -0.1) is 0 Å². The average molecular weight is 137 g/mol. The Hall–Kier alpha value is 1.59. The van der Waals surface area contributed by atoms with Gasteiger partial charge in [-0.25, -0.2) is 0 Å². The summed E-state index contributed by atoms with van der Waals surface area (Å²) in [5, 5.41) is 0. The standard InChI is InChI=1S/FO3P.K/c1-4-5(2)3;/q;+1. The first-order chi connectivity index (χ1) is 2.27. The molecular weight excluding hydrogens is 137 g/mol. The van der Waals surface area contributed by atoms with Gasteiger partial charge in [-0.05, 0) is 4.57 Å². The van der Waals surface area contributed by atoms with Crippen LogP contribution in [0, 0.1) is 0 Å². The number of halogens is 1. The predicted molar refractivity (Wildman–Crippen MR) is 9.80 cm³/mol. The average Bonchev–Trinajstić information content (AvgIpc) is 1.38. The molecule has 0 aliphatic rings. The summed E-state index contributed by atoms with van der Waals surface area (Å²) in [5.74, 6) is 0. The van der Waals surface area contributed by atoms with Crippen LogP contribution < -0.4 is 56.3 Å². The minimum absolute atomic E-state index is 0. The maximum Gasteiger partial charge on any atom is 1.00 e. The number of rotatable bonds is 1. The van der Waals surface area contributed by atoms with Gasteiger partial charge in [0.1, 0.15) is 0 Å². The van der Waals surface area contributed by atoms with Gasteiger partial charge in [0.25, 0.3) is 0 Å². The van der Waals surface area contributed by atoms with Crippen molar-refractivity contribution in [3.05, 3.63) is 0 Å². The second-order valence-corrected chi connectivity index (χ2v) is 0.878. The van der Waals surface area contributed by atoms with Crippen molar-refractivity contribution < 1.29 is 70.1 Å². The molecule has 0 saturated heterocycles. The monoisotopic (exact) mass is 137 g/mol. The Morgan fingerprint density at radius 1 is 1.83 bits per heavy atom. The second-order valence-electron chi connectivity index (χ2n) is 0.293. The molecule has 0 rings (SSSR count). The summed E-state index contributed by atoms with van der Waals surface area (Å²) in [5.41, 5.74) is 0. The van der Waals surface area contributed by atoms with Gasteiger partial charge >= 0.3 is 59.6 Å². The summed E-state index contributed by atoms with van der Waals surface area (Å²) in [6.45, 7) is 0. The van der Waals surface area contributed by atoms with E-state index in [1.54, 1.807) is 0 Å². The third-order valence-electron chi connectivity index (χ3n) is 0.0563. The van der Waals surface area contributed by atoms with Crippen LogP contribution in [0.5, 0.6) is 0 Å². The molecule has 0 spiro atoms. The Labute approximate surface area is 77.1 Å². The van der Waals surface area contributed by atoms with E-state index in [0.717, 1.165) is 0 Å². The van der Waals surface area contributed by atoms with Crippen LogP contribution in [-0.4, -0.2) is 0 Å². The number of hydrogen-bond acceptors (Lipinski definition) is 3. The second kappa shape index (κ2) is 6.59. The molecule has 0 aromatic carbocycles. The zero-order chi connectivity index (χ0) is 4.28. The van der Waals surface area contributed by atoms with Crippen LogP contribution in [-0.2, 0) is 9.29 Å². The van der Waals surface area contributed by atoms with E-state index >= 15 is 0 Å². The van der Waals surface area contributed by atoms with Crippen molar-refractivity contribution in [1.29, 1.82) is 0 Å². The van der Waals surface area contributed by atoms with Gasteiger partial charge in [0, 0.05) is 4.53 Å². The van der Waals surface area contributed by atoms with Gasteiger partial charge in [0.2, 0.25) is 0 Å². The van der Waals surface area contributed by atoms with Crippen LogP contribution in [0.3, 0.4) is 0 Å². The van der Waals surface area contributed by atoms with Gasteiger partial charge in [0.05, 0.1) is 4.73 Å². The fraction of sp³-hybridized carbons (Fsp3) is 0. The molecule has 0 aliphatic heterocycles. The zero-order valence-electron chi connectivity index (χ0n) is 3.05. The van der Waals surface area contributed by atoms with Crippen LogP contribution in [0.15, 0.2) is 0 Å². The Balaban J connectivity index is 0. The molecule has 0 heterocycles. The molecule has 6 heavy (non-hydrogen) atoms. The van der Waals surface area contributed by atoms with Gasteiger partial charge in [-0.3, -0.25) is 0 Å². The normalized spacial score (nSPS) is 9.33. The maximum atomic E-state index is 10.0. The first-order valence-electron chi connectivity index (χ1n) is 0.702. The van der Waals surface area contributed by atoms with Crippen molar-refractivity contribution in [2.75, 3.05) is 0 Å². The Morgan fingerprint density at radius 2 is 2.00 bits per heavy atom. The summed E-state index contributed by atoms with van der Waals surface area (Å²) >= 11 is 0. The molecule has 0 aliphatic carbocycles. The zero-order valence-corrected chi connectivity index (χ0v) is 7.07. The third-order valence-corrected chi connectivity index (χ3v) is 0.169. The van der Waals surface area contributed by atoms with Crippen LogP contribution in [0.2, 0.25) is 0 Å². The van der Waals surface area contributed by atoms with Crippen molar-refractivity contribution in [3.8, 4) is 0 Å². The minimum atomic E-state index is -3.26. The van der Waals surface area contributed by atoms with Crippen molar-refractivity contribution in [2.45, 2.75) is 0 Å². The summed E-state index contributed by atoms with van der Waals surface area (Å²) in [6, 6.07) is 0. The van der Waals surface area contributed by atoms with E-state index in [2.05, 4.69) is 4.73 Å². The van der Waals surface area contributed by atoms with E-state index in [9.17, 15) is 4.53 Å². The van der Waals surface area contributed by atoms with Gasteiger partial charge in [0.15, 0.2) is 0 Å². The smallest absolute Gasteiger partial charge is 0.564 e. The van der Waals surface area contributed by atoms with E-state index < -0.39 is 8.25 Å². The number of hydrogen-bond donors (Lipinski definition) is 0. The van der Waals surface area contributed by atoms with Gasteiger partial charge < -0.3 is 4.89 Å². The van der Waals surface area contributed by atoms with E-state index in [0.29, 0.717) is 0 Å². The Morgan fingerprint density at radius 3 is 2.00 bits per heavy atom. The van der Waals surface area contributed by atoms with Crippen LogP contribution in [0.4, 0.5) is 4.53 Å². The molecule has 0 aromatic rings. The molecule has 0 saturated carbocycles. The maximum absolute atomic E-state index is 10.0. The summed E-state index contributed by atoms with van der Waals surface area (Å²) < 4.78 is 21.0. The Bertz CT molecular complexity index is 46.1. The summed E-state index contributed by atoms with van der Waals surface area (Å²) in [4.78, 5) is 8.81. The SMILES string of the molecule is O=[P+]([O-])OF.[K+]. The van der Waals surface area contributed by atoms with Gasteiger partial charge in [-0.2, -0.15) is 0 Å². The fourth-order valence-electron chi connectivity index (χ4n) is 0. The molecule has 1 atom stereocenters. The first kappa shape index (κ1) is 10.5. The molecule has 0 bridgehead atoms. The van der Waals surface area contributed by atoms with Crippen molar-refractivity contribution in [1.82, 2.24) is 0 Å². The van der Waals surface area contributed by atoms with Crippen molar-refractivity contribution >= 4 is 8.25 Å². The molecule has 0 N–H and O–H groups in total. The largest absolute Gasteiger partial charge is 1.00 e. The van der Waals surface area contributed by atoms with Crippen molar-refractivity contribution in [3.63, 3.8) is 0 Å². The first-order valence-corrected chi connectivity index (χ1v) is 1.80. The summed E-state index contributed by atoms with van der Waals surface area (Å²) in [7, 11) is -3.26. The molecule has 0 fully saturated rings. The van der Waals surface area contributed by atoms with Gasteiger partial charge in [-0.1, -0.05) is 0 Å². The molecule has 1 unspecified atom stereocenters. The fourth-order valence-corrected chi connectivity index (χ4v) is 0. The molecule has 0 radical (unpaired) electrons. The quantitative estimate of drug-likeness (QED) is 0.284. The molecular formula is FKO3P+. The van der Waals surface area contributed by atoms with Crippen LogP contribution in [0.1, 0.15) is 0 Å².